The van der Waals surface area contributed by atoms with E-state index in [1.165, 1.54) is 24.3 Å². The maximum atomic E-state index is 13.0. The van der Waals surface area contributed by atoms with E-state index < -0.39 is 15.8 Å². The Morgan fingerprint density at radius 3 is 2.53 bits per heavy atom. The standard InChI is InChI=1S/C13H9BrFNO2S/c14-12-6-1-2-7-13(12)19(17,18)16-9-10-4-3-5-11(15)8-10/h1-9H/b16-9+. The van der Waals surface area contributed by atoms with Crippen LogP contribution in [0.1, 0.15) is 5.56 Å². The average Bonchev–Trinajstić information content (AvgIpc) is 2.37. The van der Waals surface area contributed by atoms with Gasteiger partial charge in [-0.15, -0.1) is 0 Å². The van der Waals surface area contributed by atoms with Crippen molar-refractivity contribution in [3.63, 3.8) is 0 Å². The van der Waals surface area contributed by atoms with Crippen LogP contribution in [0, 0.1) is 5.82 Å². The van der Waals surface area contributed by atoms with E-state index in [2.05, 4.69) is 20.3 Å². The Morgan fingerprint density at radius 2 is 1.84 bits per heavy atom. The van der Waals surface area contributed by atoms with Gasteiger partial charge in [-0.1, -0.05) is 24.3 Å². The summed E-state index contributed by atoms with van der Waals surface area (Å²) in [7, 11) is -3.80. The van der Waals surface area contributed by atoms with Gasteiger partial charge in [-0.2, -0.15) is 12.8 Å². The Balaban J connectivity index is 2.35. The molecular weight excluding hydrogens is 333 g/mol. The first-order valence-electron chi connectivity index (χ1n) is 5.29. The number of sulfonamides is 1. The Labute approximate surface area is 119 Å². The maximum absolute atomic E-state index is 13.0. The second-order valence-corrected chi connectivity index (χ2v) is 6.15. The van der Waals surface area contributed by atoms with Gasteiger partial charge < -0.3 is 0 Å². The van der Waals surface area contributed by atoms with Crippen LogP contribution in [-0.4, -0.2) is 14.6 Å². The molecule has 0 heterocycles. The SMILES string of the molecule is O=S(=O)(/N=C/c1cccc(F)c1)c1ccccc1Br. The van der Waals surface area contributed by atoms with Crippen molar-refractivity contribution >= 4 is 32.2 Å². The van der Waals surface area contributed by atoms with Gasteiger partial charge in [0.25, 0.3) is 10.0 Å². The molecule has 0 radical (unpaired) electrons. The largest absolute Gasteiger partial charge is 0.283 e. The highest BCUT2D eigenvalue weighted by molar-refractivity contribution is 9.10. The van der Waals surface area contributed by atoms with Crippen molar-refractivity contribution in [1.29, 1.82) is 0 Å². The van der Waals surface area contributed by atoms with Gasteiger partial charge in [0.05, 0.1) is 0 Å². The van der Waals surface area contributed by atoms with Gasteiger partial charge in [0.2, 0.25) is 0 Å². The molecule has 0 amide bonds. The zero-order valence-corrected chi connectivity index (χ0v) is 12.0. The second-order valence-electron chi connectivity index (χ2n) is 3.70. The molecule has 0 unspecified atom stereocenters. The molecule has 3 nitrogen and oxygen atoms in total. The van der Waals surface area contributed by atoms with Crippen molar-refractivity contribution in [2.75, 3.05) is 0 Å². The number of hydrogen-bond donors (Lipinski definition) is 0. The van der Waals surface area contributed by atoms with E-state index >= 15 is 0 Å². The van der Waals surface area contributed by atoms with Gasteiger partial charge in [0, 0.05) is 10.7 Å². The maximum Gasteiger partial charge on any atom is 0.283 e. The summed E-state index contributed by atoms with van der Waals surface area (Å²) in [6.45, 7) is 0. The molecule has 0 aromatic heterocycles. The molecule has 0 aliphatic carbocycles. The van der Waals surface area contributed by atoms with Crippen LogP contribution in [0.4, 0.5) is 4.39 Å². The quantitative estimate of drug-likeness (QED) is 0.803. The molecule has 0 aliphatic heterocycles. The molecular formula is C13H9BrFNO2S. The first-order chi connectivity index (χ1) is 8.99. The predicted molar refractivity (Wildman–Crippen MR) is 75.3 cm³/mol. The van der Waals surface area contributed by atoms with Crippen molar-refractivity contribution in [3.05, 3.63) is 64.4 Å². The van der Waals surface area contributed by atoms with Crippen LogP contribution in [0.25, 0.3) is 0 Å². The van der Waals surface area contributed by atoms with Gasteiger partial charge in [0.1, 0.15) is 10.7 Å². The lowest BCUT2D eigenvalue weighted by molar-refractivity contribution is 0.597. The first-order valence-corrected chi connectivity index (χ1v) is 7.53. The average molecular weight is 342 g/mol. The van der Waals surface area contributed by atoms with Gasteiger partial charge in [-0.3, -0.25) is 0 Å². The molecule has 0 spiro atoms. The highest BCUT2D eigenvalue weighted by atomic mass is 79.9. The van der Waals surface area contributed by atoms with E-state index in [1.807, 2.05) is 0 Å². The van der Waals surface area contributed by atoms with Crippen LogP contribution in [0.2, 0.25) is 0 Å². The Morgan fingerprint density at radius 1 is 1.11 bits per heavy atom. The number of rotatable bonds is 3. The molecule has 0 bridgehead atoms. The van der Waals surface area contributed by atoms with Gasteiger partial charge >= 0.3 is 0 Å². The topological polar surface area (TPSA) is 46.5 Å². The molecule has 2 aromatic carbocycles. The molecule has 6 heteroatoms. The summed E-state index contributed by atoms with van der Waals surface area (Å²) < 4.78 is 40.9. The molecule has 0 saturated heterocycles. The Bertz CT molecular complexity index is 729. The number of halogens is 2. The summed E-state index contributed by atoms with van der Waals surface area (Å²) in [6.07, 6.45) is 1.12. The molecule has 0 atom stereocenters. The van der Waals surface area contributed by atoms with Crippen molar-refractivity contribution in [2.24, 2.45) is 4.40 Å². The highest BCUT2D eigenvalue weighted by Gasteiger charge is 2.14. The summed E-state index contributed by atoms with van der Waals surface area (Å²) in [5.41, 5.74) is 0.385. The first kappa shape index (κ1) is 13.9. The van der Waals surface area contributed by atoms with Gasteiger partial charge in [-0.05, 0) is 45.8 Å². The lowest BCUT2D eigenvalue weighted by Gasteiger charge is -2.01. The van der Waals surface area contributed by atoms with Crippen molar-refractivity contribution in [1.82, 2.24) is 0 Å². The van der Waals surface area contributed by atoms with Crippen LogP contribution in [0.15, 0.2) is 62.3 Å². The Hall–Kier alpha value is -1.53. The smallest absolute Gasteiger partial charge is 0.207 e. The minimum Gasteiger partial charge on any atom is -0.207 e. The fraction of sp³-hybridized carbons (Fsp3) is 0. The monoisotopic (exact) mass is 341 g/mol. The molecule has 0 saturated carbocycles. The molecule has 2 rings (SSSR count). The van der Waals surface area contributed by atoms with Crippen molar-refractivity contribution in [3.8, 4) is 0 Å². The van der Waals surface area contributed by atoms with E-state index in [0.717, 1.165) is 6.21 Å². The molecule has 0 fully saturated rings. The van der Waals surface area contributed by atoms with E-state index in [0.29, 0.717) is 10.0 Å². The van der Waals surface area contributed by atoms with Gasteiger partial charge in [-0.25, -0.2) is 4.39 Å². The zero-order chi connectivity index (χ0) is 13.9. The minimum atomic E-state index is -3.80. The van der Waals surface area contributed by atoms with Crippen LogP contribution in [-0.2, 0) is 10.0 Å². The summed E-state index contributed by atoms with van der Waals surface area (Å²) in [4.78, 5) is 0.0719. The highest BCUT2D eigenvalue weighted by Crippen LogP contribution is 2.22. The summed E-state index contributed by atoms with van der Waals surface area (Å²) in [5.74, 6) is -0.442. The second kappa shape index (κ2) is 5.63. The fourth-order valence-electron chi connectivity index (χ4n) is 1.43. The van der Waals surface area contributed by atoms with Crippen LogP contribution < -0.4 is 0 Å². The fourth-order valence-corrected chi connectivity index (χ4v) is 3.27. The molecule has 98 valence electrons. The number of nitrogens with zero attached hydrogens (tertiary/aromatic N) is 1. The molecule has 0 N–H and O–H groups in total. The minimum absolute atomic E-state index is 0.0719. The predicted octanol–water partition coefficient (Wildman–Crippen LogP) is 3.40. The zero-order valence-electron chi connectivity index (χ0n) is 9.62. The third kappa shape index (κ3) is 3.48. The lowest BCUT2D eigenvalue weighted by atomic mass is 10.2. The molecule has 19 heavy (non-hydrogen) atoms. The Kier molecular flexibility index (Phi) is 4.11. The molecule has 2 aromatic rings. The van der Waals surface area contributed by atoms with Crippen LogP contribution in [0.5, 0.6) is 0 Å². The van der Waals surface area contributed by atoms with Crippen LogP contribution >= 0.6 is 15.9 Å². The summed E-state index contributed by atoms with van der Waals surface area (Å²) in [6, 6.07) is 11.9. The van der Waals surface area contributed by atoms with Crippen LogP contribution in [0.3, 0.4) is 0 Å². The van der Waals surface area contributed by atoms with Crippen molar-refractivity contribution < 1.29 is 12.8 Å². The van der Waals surface area contributed by atoms with Gasteiger partial charge in [0.15, 0.2) is 0 Å². The normalized spacial score (nSPS) is 11.9. The number of hydrogen-bond acceptors (Lipinski definition) is 2. The van der Waals surface area contributed by atoms with Crippen molar-refractivity contribution in [2.45, 2.75) is 4.90 Å². The lowest BCUT2D eigenvalue weighted by Crippen LogP contribution is -1.98. The van der Waals surface area contributed by atoms with E-state index in [9.17, 15) is 12.8 Å². The summed E-state index contributed by atoms with van der Waals surface area (Å²) >= 11 is 3.16. The third-order valence-corrected chi connectivity index (χ3v) is 4.55. The van der Waals surface area contributed by atoms with E-state index in [-0.39, 0.29) is 4.90 Å². The van der Waals surface area contributed by atoms with E-state index in [4.69, 9.17) is 0 Å². The number of benzene rings is 2. The third-order valence-electron chi connectivity index (χ3n) is 2.30. The summed E-state index contributed by atoms with van der Waals surface area (Å²) in [5, 5.41) is 0. The van der Waals surface area contributed by atoms with E-state index in [1.54, 1.807) is 24.3 Å². The molecule has 0 aliphatic rings.